The van der Waals surface area contributed by atoms with Crippen molar-refractivity contribution in [2.75, 3.05) is 13.7 Å². The van der Waals surface area contributed by atoms with Crippen molar-refractivity contribution in [2.24, 2.45) is 4.99 Å². The van der Waals surface area contributed by atoms with Gasteiger partial charge in [0.25, 0.3) is 5.91 Å². The Balaban J connectivity index is 2.53. The van der Waals surface area contributed by atoms with E-state index in [9.17, 15) is 9.90 Å². The van der Waals surface area contributed by atoms with E-state index in [1.165, 1.54) is 24.7 Å². The molecule has 1 amide bonds. The summed E-state index contributed by atoms with van der Waals surface area (Å²) in [6.45, 7) is 5.73. The van der Waals surface area contributed by atoms with E-state index in [1.54, 1.807) is 12.1 Å². The first-order valence-electron chi connectivity index (χ1n) is 8.09. The second-order valence-corrected chi connectivity index (χ2v) is 8.25. The minimum Gasteiger partial charge on any atom is -0.496 e. The normalized spacial score (nSPS) is 13.7. The molecule has 6 nitrogen and oxygen atoms in total. The lowest BCUT2D eigenvalue weighted by atomic mass is 10.1. The minimum absolute atomic E-state index is 0.200. The molecule has 0 aliphatic carbocycles. The maximum absolute atomic E-state index is 12.7. The molecule has 1 unspecified atom stereocenters. The number of halogens is 1. The number of aliphatic hydroxyl groups is 2. The van der Waals surface area contributed by atoms with Crippen LogP contribution in [0.3, 0.4) is 0 Å². The molecule has 1 aromatic heterocycles. The average molecular weight is 399 g/mol. The number of carbonyl (C=O) groups is 1. The standard InChI is InChI=1S/C18H23ClN2O4S/c1-18(2,3)21-9-11(7-13(23)10-22)17(26-21)20-16(24)14-8-12(19)5-6-15(14)25-4/h5-6,8-9,13,22-23H,7,10H2,1-4H3/b20-17-. The van der Waals surface area contributed by atoms with Gasteiger partial charge in [-0.3, -0.25) is 8.75 Å². The Morgan fingerprint density at radius 2 is 2.12 bits per heavy atom. The summed E-state index contributed by atoms with van der Waals surface area (Å²) in [5.41, 5.74) is 0.763. The molecule has 0 fully saturated rings. The molecule has 2 N–H and O–H groups in total. The summed E-state index contributed by atoms with van der Waals surface area (Å²) in [5.74, 6) is -0.0904. The van der Waals surface area contributed by atoms with Crippen LogP contribution in [-0.2, 0) is 12.0 Å². The highest BCUT2D eigenvalue weighted by Crippen LogP contribution is 2.23. The third-order valence-corrected chi connectivity index (χ3v) is 5.27. The number of carbonyl (C=O) groups excluding carboxylic acids is 1. The molecule has 0 aliphatic heterocycles. The zero-order valence-electron chi connectivity index (χ0n) is 15.2. The van der Waals surface area contributed by atoms with Crippen molar-refractivity contribution < 1.29 is 19.7 Å². The Morgan fingerprint density at radius 3 is 2.69 bits per heavy atom. The maximum atomic E-state index is 12.7. The third kappa shape index (κ3) is 4.94. The minimum atomic E-state index is -0.914. The molecule has 2 rings (SSSR count). The Kier molecular flexibility index (Phi) is 6.63. The number of nitrogens with zero attached hydrogens (tertiary/aromatic N) is 2. The van der Waals surface area contributed by atoms with Gasteiger partial charge in [0.2, 0.25) is 0 Å². The fourth-order valence-corrected chi connectivity index (χ4v) is 3.45. The molecule has 8 heteroatoms. The topological polar surface area (TPSA) is 84.0 Å². The molecule has 1 atom stereocenters. The summed E-state index contributed by atoms with van der Waals surface area (Å²) in [4.78, 5) is 16.9. The van der Waals surface area contributed by atoms with Gasteiger partial charge in [0.05, 0.1) is 25.4 Å². The van der Waals surface area contributed by atoms with Crippen LogP contribution in [0.25, 0.3) is 0 Å². The lowest BCUT2D eigenvalue weighted by Crippen LogP contribution is -2.19. The molecule has 1 heterocycles. The average Bonchev–Trinajstić information content (AvgIpc) is 2.97. The fourth-order valence-electron chi connectivity index (χ4n) is 2.26. The predicted octanol–water partition coefficient (Wildman–Crippen LogP) is 2.60. The van der Waals surface area contributed by atoms with E-state index in [1.807, 2.05) is 30.9 Å². The Morgan fingerprint density at radius 1 is 1.42 bits per heavy atom. The predicted molar refractivity (Wildman–Crippen MR) is 102 cm³/mol. The van der Waals surface area contributed by atoms with E-state index in [4.69, 9.17) is 21.4 Å². The smallest absolute Gasteiger partial charge is 0.282 e. The van der Waals surface area contributed by atoms with Crippen LogP contribution in [0.5, 0.6) is 5.75 Å². The van der Waals surface area contributed by atoms with E-state index < -0.39 is 12.0 Å². The van der Waals surface area contributed by atoms with Gasteiger partial charge in [0, 0.05) is 28.7 Å². The van der Waals surface area contributed by atoms with Gasteiger partial charge in [-0.1, -0.05) is 11.6 Å². The largest absolute Gasteiger partial charge is 0.496 e. The number of aliphatic hydroxyl groups excluding tert-OH is 2. The summed E-state index contributed by atoms with van der Waals surface area (Å²) in [7, 11) is 1.47. The first kappa shape index (κ1) is 20.6. The monoisotopic (exact) mass is 398 g/mol. The van der Waals surface area contributed by atoms with E-state index >= 15 is 0 Å². The van der Waals surface area contributed by atoms with Gasteiger partial charge in [-0.25, -0.2) is 0 Å². The van der Waals surface area contributed by atoms with Gasteiger partial charge in [0.15, 0.2) is 0 Å². The van der Waals surface area contributed by atoms with Crippen LogP contribution in [0.1, 0.15) is 36.7 Å². The summed E-state index contributed by atoms with van der Waals surface area (Å²) in [6.07, 6.45) is 1.14. The number of hydrogen-bond donors (Lipinski definition) is 2. The number of amides is 1. The number of benzene rings is 1. The number of aromatic nitrogens is 1. The van der Waals surface area contributed by atoms with Gasteiger partial charge >= 0.3 is 0 Å². The van der Waals surface area contributed by atoms with E-state index in [2.05, 4.69) is 4.99 Å². The Labute approximate surface area is 161 Å². The molecule has 0 aliphatic rings. The van der Waals surface area contributed by atoms with Crippen LogP contribution in [-0.4, -0.2) is 39.9 Å². The fraction of sp³-hybridized carbons (Fsp3) is 0.444. The van der Waals surface area contributed by atoms with Crippen LogP contribution in [0.15, 0.2) is 29.4 Å². The zero-order valence-corrected chi connectivity index (χ0v) is 16.8. The molecule has 0 spiro atoms. The van der Waals surface area contributed by atoms with Crippen LogP contribution in [0.4, 0.5) is 0 Å². The molecule has 2 aromatic rings. The quantitative estimate of drug-likeness (QED) is 0.810. The lowest BCUT2D eigenvalue weighted by molar-refractivity contribution is 0.0949. The summed E-state index contributed by atoms with van der Waals surface area (Å²) in [5, 5.41) is 19.3. The molecule has 0 bridgehead atoms. The van der Waals surface area contributed by atoms with Crippen LogP contribution in [0, 0.1) is 0 Å². The van der Waals surface area contributed by atoms with E-state index in [-0.39, 0.29) is 24.1 Å². The highest BCUT2D eigenvalue weighted by molar-refractivity contribution is 7.04. The summed E-state index contributed by atoms with van der Waals surface area (Å²) >= 11 is 7.31. The van der Waals surface area contributed by atoms with Gasteiger partial charge in [-0.2, -0.15) is 4.99 Å². The van der Waals surface area contributed by atoms with Crippen molar-refractivity contribution in [1.29, 1.82) is 0 Å². The van der Waals surface area contributed by atoms with E-state index in [0.717, 1.165) is 0 Å². The number of ether oxygens (including phenoxy) is 1. The molecule has 142 valence electrons. The van der Waals surface area contributed by atoms with Crippen molar-refractivity contribution in [3.8, 4) is 5.75 Å². The van der Waals surface area contributed by atoms with Gasteiger partial charge < -0.3 is 14.9 Å². The molecule has 0 saturated carbocycles. The molecular weight excluding hydrogens is 376 g/mol. The van der Waals surface area contributed by atoms with Gasteiger partial charge in [-0.15, -0.1) is 0 Å². The lowest BCUT2D eigenvalue weighted by Gasteiger charge is -2.19. The Bertz CT molecular complexity index is 852. The van der Waals surface area contributed by atoms with Crippen LogP contribution < -0.4 is 9.41 Å². The van der Waals surface area contributed by atoms with Crippen LogP contribution in [0.2, 0.25) is 5.02 Å². The van der Waals surface area contributed by atoms with Crippen molar-refractivity contribution >= 4 is 29.0 Å². The Hall–Kier alpha value is -1.67. The first-order valence-corrected chi connectivity index (χ1v) is 9.24. The zero-order chi connectivity index (χ0) is 19.5. The van der Waals surface area contributed by atoms with Crippen molar-refractivity contribution in [2.45, 2.75) is 38.8 Å². The number of hydrogen-bond acceptors (Lipinski definition) is 5. The van der Waals surface area contributed by atoms with Crippen LogP contribution >= 0.6 is 23.1 Å². The highest BCUT2D eigenvalue weighted by atomic mass is 35.5. The second kappa shape index (κ2) is 8.35. The van der Waals surface area contributed by atoms with Crippen molar-refractivity contribution in [3.63, 3.8) is 0 Å². The van der Waals surface area contributed by atoms with Gasteiger partial charge in [-0.05, 0) is 50.5 Å². The number of methoxy groups -OCH3 is 1. The highest BCUT2D eigenvalue weighted by Gasteiger charge is 2.19. The molecule has 0 radical (unpaired) electrons. The maximum Gasteiger partial charge on any atom is 0.282 e. The van der Waals surface area contributed by atoms with Gasteiger partial charge in [0.1, 0.15) is 10.4 Å². The molecular formula is C18H23ClN2O4S. The number of rotatable bonds is 5. The molecule has 26 heavy (non-hydrogen) atoms. The SMILES string of the molecule is COc1ccc(Cl)cc1C(=O)/N=c1\sn(C(C)(C)C)cc1CC(O)CO. The molecule has 0 saturated heterocycles. The summed E-state index contributed by atoms with van der Waals surface area (Å²) in [6, 6.07) is 4.77. The summed E-state index contributed by atoms with van der Waals surface area (Å²) < 4.78 is 7.67. The van der Waals surface area contributed by atoms with Crippen molar-refractivity contribution in [3.05, 3.63) is 45.2 Å². The second-order valence-electron chi connectivity index (χ2n) is 6.85. The third-order valence-electron chi connectivity index (χ3n) is 3.66. The van der Waals surface area contributed by atoms with E-state index in [0.29, 0.717) is 21.0 Å². The van der Waals surface area contributed by atoms with Crippen molar-refractivity contribution in [1.82, 2.24) is 3.96 Å². The molecule has 1 aromatic carbocycles. The first-order chi connectivity index (χ1) is 12.2.